The van der Waals surface area contributed by atoms with Gasteiger partial charge >= 0.3 is 0 Å². The first-order valence-electron chi connectivity index (χ1n) is 5.45. The van der Waals surface area contributed by atoms with Gasteiger partial charge in [0.15, 0.2) is 5.69 Å². The van der Waals surface area contributed by atoms with Crippen molar-refractivity contribution < 1.29 is 14.1 Å². The molecule has 0 unspecified atom stereocenters. The van der Waals surface area contributed by atoms with Crippen molar-refractivity contribution in [2.45, 2.75) is 19.4 Å². The van der Waals surface area contributed by atoms with E-state index >= 15 is 0 Å². The summed E-state index contributed by atoms with van der Waals surface area (Å²) >= 11 is 0. The number of methoxy groups -OCH3 is 1. The molecule has 1 aliphatic rings. The normalized spacial score (nSPS) is 25.8. The fraction of sp³-hybridized carbons (Fsp3) is 0.636. The summed E-state index contributed by atoms with van der Waals surface area (Å²) in [6.07, 6.45) is 2.49. The number of rotatable bonds is 2. The highest BCUT2D eigenvalue weighted by Gasteiger charge is 2.30. The van der Waals surface area contributed by atoms with Crippen molar-refractivity contribution in [3.05, 3.63) is 18.0 Å². The minimum atomic E-state index is -0.0808. The molecule has 5 heteroatoms. The van der Waals surface area contributed by atoms with Crippen LogP contribution in [0.1, 0.15) is 23.8 Å². The Hall–Kier alpha value is -1.36. The van der Waals surface area contributed by atoms with E-state index in [0.29, 0.717) is 18.2 Å². The van der Waals surface area contributed by atoms with Crippen molar-refractivity contribution in [2.75, 3.05) is 20.2 Å². The molecule has 88 valence electrons. The molecule has 0 bridgehead atoms. The Morgan fingerprint density at radius 2 is 2.50 bits per heavy atom. The smallest absolute Gasteiger partial charge is 0.276 e. The predicted octanol–water partition coefficient (Wildman–Crippen LogP) is 1.17. The van der Waals surface area contributed by atoms with Gasteiger partial charge in [-0.15, -0.1) is 0 Å². The fourth-order valence-electron chi connectivity index (χ4n) is 2.01. The monoisotopic (exact) mass is 224 g/mol. The highest BCUT2D eigenvalue weighted by Crippen LogP contribution is 2.20. The average molecular weight is 224 g/mol. The molecule has 0 aliphatic carbocycles. The van der Waals surface area contributed by atoms with Crippen LogP contribution in [0, 0.1) is 5.92 Å². The van der Waals surface area contributed by atoms with Gasteiger partial charge in [0.2, 0.25) is 0 Å². The molecular formula is C11H16N2O3. The predicted molar refractivity (Wildman–Crippen MR) is 57.0 cm³/mol. The minimum Gasteiger partial charge on any atom is -0.379 e. The van der Waals surface area contributed by atoms with E-state index in [1.165, 1.54) is 6.26 Å². The number of hydrogen-bond acceptors (Lipinski definition) is 4. The van der Waals surface area contributed by atoms with Crippen molar-refractivity contribution in [2.24, 2.45) is 5.92 Å². The Morgan fingerprint density at radius 3 is 3.12 bits per heavy atom. The molecule has 1 fully saturated rings. The lowest BCUT2D eigenvalue weighted by Crippen LogP contribution is -2.46. The van der Waals surface area contributed by atoms with Crippen molar-refractivity contribution in [3.8, 4) is 0 Å². The topological polar surface area (TPSA) is 55.6 Å². The number of aromatic nitrogens is 1. The van der Waals surface area contributed by atoms with Crippen molar-refractivity contribution in [1.82, 2.24) is 10.1 Å². The van der Waals surface area contributed by atoms with Gasteiger partial charge in [-0.1, -0.05) is 12.1 Å². The average Bonchev–Trinajstić information content (AvgIpc) is 2.82. The van der Waals surface area contributed by atoms with E-state index in [0.717, 1.165) is 13.0 Å². The van der Waals surface area contributed by atoms with Gasteiger partial charge in [0, 0.05) is 26.3 Å². The van der Waals surface area contributed by atoms with Crippen LogP contribution in [0.25, 0.3) is 0 Å². The zero-order valence-corrected chi connectivity index (χ0v) is 9.55. The van der Waals surface area contributed by atoms with Crippen LogP contribution in [-0.2, 0) is 4.74 Å². The summed E-state index contributed by atoms with van der Waals surface area (Å²) in [6.45, 7) is 3.53. The number of piperidine rings is 1. The third-order valence-corrected chi connectivity index (χ3v) is 3.14. The number of likely N-dealkylation sites (tertiary alicyclic amines) is 1. The maximum absolute atomic E-state index is 12.0. The number of carbonyl (C=O) groups excluding carboxylic acids is 1. The van der Waals surface area contributed by atoms with Crippen LogP contribution in [-0.4, -0.2) is 42.3 Å². The summed E-state index contributed by atoms with van der Waals surface area (Å²) in [4.78, 5) is 13.7. The summed E-state index contributed by atoms with van der Waals surface area (Å²) in [6, 6.07) is 1.59. The summed E-state index contributed by atoms with van der Waals surface area (Å²) in [5.74, 6) is 0.411. The highest BCUT2D eigenvalue weighted by atomic mass is 16.5. The minimum absolute atomic E-state index is 0.0808. The van der Waals surface area contributed by atoms with Gasteiger partial charge in [0.25, 0.3) is 5.91 Å². The Kier molecular flexibility index (Phi) is 3.24. The summed E-state index contributed by atoms with van der Waals surface area (Å²) in [7, 11) is 1.69. The van der Waals surface area contributed by atoms with Crippen LogP contribution >= 0.6 is 0 Å². The second-order valence-electron chi connectivity index (χ2n) is 4.18. The van der Waals surface area contributed by atoms with Crippen molar-refractivity contribution in [3.63, 3.8) is 0 Å². The lowest BCUT2D eigenvalue weighted by Gasteiger charge is -2.35. The van der Waals surface area contributed by atoms with Gasteiger partial charge in [-0.2, -0.15) is 0 Å². The van der Waals surface area contributed by atoms with E-state index in [1.807, 2.05) is 0 Å². The molecule has 16 heavy (non-hydrogen) atoms. The zero-order valence-electron chi connectivity index (χ0n) is 9.55. The molecule has 2 rings (SSSR count). The van der Waals surface area contributed by atoms with E-state index in [9.17, 15) is 4.79 Å². The van der Waals surface area contributed by atoms with E-state index in [-0.39, 0.29) is 12.0 Å². The number of carbonyl (C=O) groups is 1. The lowest BCUT2D eigenvalue weighted by molar-refractivity contribution is -0.00190. The molecule has 0 saturated carbocycles. The Morgan fingerprint density at radius 1 is 1.69 bits per heavy atom. The van der Waals surface area contributed by atoms with Crippen LogP contribution < -0.4 is 0 Å². The van der Waals surface area contributed by atoms with Crippen LogP contribution in [0.2, 0.25) is 0 Å². The third-order valence-electron chi connectivity index (χ3n) is 3.14. The Balaban J connectivity index is 2.03. The standard InChI is InChI=1S/C11H16N2O3/c1-8-3-5-13(7-10(8)15-2)11(14)9-4-6-16-12-9/h4,6,8,10H,3,5,7H2,1-2H3/t8-,10+/m0/s1. The van der Waals surface area contributed by atoms with E-state index in [1.54, 1.807) is 18.1 Å². The number of hydrogen-bond donors (Lipinski definition) is 0. The second-order valence-corrected chi connectivity index (χ2v) is 4.18. The molecule has 0 spiro atoms. The maximum atomic E-state index is 12.0. The van der Waals surface area contributed by atoms with E-state index in [2.05, 4.69) is 16.6 Å². The SMILES string of the molecule is CO[C@@H]1CN(C(=O)c2ccon2)CC[C@@H]1C. The van der Waals surface area contributed by atoms with Gasteiger partial charge in [0.05, 0.1) is 6.10 Å². The molecule has 0 radical (unpaired) electrons. The Bertz CT molecular complexity index is 350. The quantitative estimate of drug-likeness (QED) is 0.756. The van der Waals surface area contributed by atoms with E-state index < -0.39 is 0 Å². The Labute approximate surface area is 94.3 Å². The highest BCUT2D eigenvalue weighted by molar-refractivity contribution is 5.92. The molecule has 5 nitrogen and oxygen atoms in total. The van der Waals surface area contributed by atoms with Gasteiger partial charge < -0.3 is 14.2 Å². The van der Waals surface area contributed by atoms with Crippen LogP contribution in [0.4, 0.5) is 0 Å². The second kappa shape index (κ2) is 4.65. The lowest BCUT2D eigenvalue weighted by atomic mass is 9.95. The molecule has 1 saturated heterocycles. The van der Waals surface area contributed by atoms with Crippen LogP contribution in [0.5, 0.6) is 0 Å². The molecule has 0 aromatic carbocycles. The first-order valence-corrected chi connectivity index (χ1v) is 5.45. The largest absolute Gasteiger partial charge is 0.379 e. The first kappa shape index (κ1) is 11.1. The van der Waals surface area contributed by atoms with Crippen molar-refractivity contribution >= 4 is 5.91 Å². The molecule has 2 atom stereocenters. The van der Waals surface area contributed by atoms with Crippen LogP contribution in [0.15, 0.2) is 16.9 Å². The molecule has 1 amide bonds. The van der Waals surface area contributed by atoms with Gasteiger partial charge in [0.1, 0.15) is 6.26 Å². The van der Waals surface area contributed by atoms with Crippen LogP contribution in [0.3, 0.4) is 0 Å². The first-order chi connectivity index (χ1) is 7.72. The fourth-order valence-corrected chi connectivity index (χ4v) is 2.01. The number of amides is 1. The molecular weight excluding hydrogens is 208 g/mol. The molecule has 0 N–H and O–H groups in total. The summed E-state index contributed by atoms with van der Waals surface area (Å²) < 4.78 is 10.0. The van der Waals surface area contributed by atoms with Gasteiger partial charge in [-0.25, -0.2) is 0 Å². The molecule has 1 aliphatic heterocycles. The van der Waals surface area contributed by atoms with Gasteiger partial charge in [-0.05, 0) is 12.3 Å². The molecule has 2 heterocycles. The van der Waals surface area contributed by atoms with Crippen molar-refractivity contribution in [1.29, 1.82) is 0 Å². The number of ether oxygens (including phenoxy) is 1. The van der Waals surface area contributed by atoms with E-state index in [4.69, 9.17) is 4.74 Å². The maximum Gasteiger partial charge on any atom is 0.276 e. The summed E-state index contributed by atoms with van der Waals surface area (Å²) in [5.41, 5.74) is 0.365. The summed E-state index contributed by atoms with van der Waals surface area (Å²) in [5, 5.41) is 3.65. The van der Waals surface area contributed by atoms with Gasteiger partial charge in [-0.3, -0.25) is 4.79 Å². The third kappa shape index (κ3) is 2.09. The zero-order chi connectivity index (χ0) is 11.5. The number of nitrogens with zero attached hydrogens (tertiary/aromatic N) is 2. The molecule has 1 aromatic rings. The molecule has 1 aromatic heterocycles.